The average Bonchev–Trinajstić information content (AvgIpc) is 2.54. The quantitative estimate of drug-likeness (QED) is 0.886. The summed E-state index contributed by atoms with van der Waals surface area (Å²) in [5.74, 6) is 0.0646. The van der Waals surface area contributed by atoms with Crippen molar-refractivity contribution in [3.8, 4) is 0 Å². The van der Waals surface area contributed by atoms with E-state index in [0.717, 1.165) is 22.6 Å². The summed E-state index contributed by atoms with van der Waals surface area (Å²) < 4.78 is 0. The highest BCUT2D eigenvalue weighted by molar-refractivity contribution is 5.96. The van der Waals surface area contributed by atoms with E-state index in [-0.39, 0.29) is 12.5 Å². The van der Waals surface area contributed by atoms with Crippen molar-refractivity contribution in [2.24, 2.45) is 0 Å². The van der Waals surface area contributed by atoms with Crippen LogP contribution in [0.5, 0.6) is 0 Å². The fraction of sp³-hybridized carbons (Fsp3) is 0.316. The van der Waals surface area contributed by atoms with Crippen LogP contribution in [-0.2, 0) is 4.79 Å². The van der Waals surface area contributed by atoms with Gasteiger partial charge in [-0.05, 0) is 55.8 Å². The van der Waals surface area contributed by atoms with Gasteiger partial charge in [0.25, 0.3) is 0 Å². The number of nitrogens with zero attached hydrogens (tertiary/aromatic N) is 2. The van der Waals surface area contributed by atoms with Gasteiger partial charge in [-0.25, -0.2) is 0 Å². The third kappa shape index (κ3) is 4.49. The predicted octanol–water partition coefficient (Wildman–Crippen LogP) is 3.53. The zero-order valence-corrected chi connectivity index (χ0v) is 14.3. The van der Waals surface area contributed by atoms with Crippen LogP contribution in [0.4, 0.5) is 17.1 Å². The highest BCUT2D eigenvalue weighted by Crippen LogP contribution is 2.17. The molecule has 4 heteroatoms. The van der Waals surface area contributed by atoms with E-state index in [2.05, 4.69) is 5.32 Å². The molecule has 2 rings (SSSR count). The highest BCUT2D eigenvalue weighted by atomic mass is 16.2. The summed E-state index contributed by atoms with van der Waals surface area (Å²) in [5, 5.41) is 3.20. The van der Waals surface area contributed by atoms with E-state index in [1.54, 1.807) is 4.90 Å². The molecule has 2 aromatic rings. The molecule has 0 aliphatic heterocycles. The minimum absolute atomic E-state index is 0.0646. The van der Waals surface area contributed by atoms with Crippen LogP contribution in [0.15, 0.2) is 48.5 Å². The van der Waals surface area contributed by atoms with Crippen LogP contribution in [0.25, 0.3) is 0 Å². The van der Waals surface area contributed by atoms with Gasteiger partial charge >= 0.3 is 0 Å². The van der Waals surface area contributed by atoms with Crippen molar-refractivity contribution in [1.29, 1.82) is 0 Å². The first-order valence-corrected chi connectivity index (χ1v) is 7.89. The van der Waals surface area contributed by atoms with E-state index in [0.29, 0.717) is 6.54 Å². The molecule has 0 aliphatic carbocycles. The number of benzene rings is 2. The number of rotatable bonds is 6. The van der Waals surface area contributed by atoms with Crippen molar-refractivity contribution in [3.05, 3.63) is 54.1 Å². The standard InChI is InChI=1S/C19H25N3O/c1-5-22(18-8-6-7-15(2)13-18)19(23)14-20-16-9-11-17(12-10-16)21(3)4/h6-13,20H,5,14H2,1-4H3. The number of carbonyl (C=O) groups is 1. The largest absolute Gasteiger partial charge is 0.378 e. The van der Waals surface area contributed by atoms with Crippen LogP contribution in [0.1, 0.15) is 12.5 Å². The van der Waals surface area contributed by atoms with Gasteiger partial charge in [-0.2, -0.15) is 0 Å². The minimum atomic E-state index is 0.0646. The second kappa shape index (κ2) is 7.68. The number of anilines is 3. The molecular weight excluding hydrogens is 286 g/mol. The van der Waals surface area contributed by atoms with Crippen LogP contribution in [-0.4, -0.2) is 33.1 Å². The van der Waals surface area contributed by atoms with Crippen LogP contribution < -0.4 is 15.1 Å². The second-order valence-electron chi connectivity index (χ2n) is 5.77. The lowest BCUT2D eigenvalue weighted by Crippen LogP contribution is -2.35. The van der Waals surface area contributed by atoms with Gasteiger partial charge in [-0.1, -0.05) is 12.1 Å². The molecule has 0 spiro atoms. The first kappa shape index (κ1) is 16.9. The molecule has 2 aromatic carbocycles. The van der Waals surface area contributed by atoms with E-state index < -0.39 is 0 Å². The maximum Gasteiger partial charge on any atom is 0.246 e. The van der Waals surface area contributed by atoms with Gasteiger partial charge in [0, 0.05) is 37.7 Å². The minimum Gasteiger partial charge on any atom is -0.378 e. The van der Waals surface area contributed by atoms with Crippen molar-refractivity contribution in [2.75, 3.05) is 42.3 Å². The maximum atomic E-state index is 12.5. The summed E-state index contributed by atoms with van der Waals surface area (Å²) in [5.41, 5.74) is 4.18. The van der Waals surface area contributed by atoms with Crippen molar-refractivity contribution < 1.29 is 4.79 Å². The molecule has 0 atom stereocenters. The van der Waals surface area contributed by atoms with Crippen LogP contribution >= 0.6 is 0 Å². The molecule has 0 radical (unpaired) electrons. The van der Waals surface area contributed by atoms with Gasteiger partial charge in [0.1, 0.15) is 0 Å². The van der Waals surface area contributed by atoms with Gasteiger partial charge in [0.2, 0.25) is 5.91 Å². The van der Waals surface area contributed by atoms with E-state index in [4.69, 9.17) is 0 Å². The molecule has 0 bridgehead atoms. The molecule has 0 aromatic heterocycles. The molecular formula is C19H25N3O. The molecule has 0 heterocycles. The number of amides is 1. The normalized spacial score (nSPS) is 10.3. The first-order valence-electron chi connectivity index (χ1n) is 7.89. The molecule has 0 saturated heterocycles. The van der Waals surface area contributed by atoms with Crippen LogP contribution in [0, 0.1) is 6.92 Å². The fourth-order valence-corrected chi connectivity index (χ4v) is 2.45. The SMILES string of the molecule is CCN(C(=O)CNc1ccc(N(C)C)cc1)c1cccc(C)c1. The number of aryl methyl sites for hydroxylation is 1. The molecule has 0 aliphatic rings. The number of likely N-dealkylation sites (N-methyl/N-ethyl adjacent to an activating group) is 1. The molecule has 0 unspecified atom stereocenters. The highest BCUT2D eigenvalue weighted by Gasteiger charge is 2.13. The average molecular weight is 311 g/mol. The molecule has 122 valence electrons. The lowest BCUT2D eigenvalue weighted by molar-refractivity contribution is -0.116. The maximum absolute atomic E-state index is 12.5. The number of hydrogen-bond donors (Lipinski definition) is 1. The summed E-state index contributed by atoms with van der Waals surface area (Å²) >= 11 is 0. The van der Waals surface area contributed by atoms with Gasteiger partial charge in [0.15, 0.2) is 0 Å². The number of nitrogens with one attached hydrogen (secondary N) is 1. The van der Waals surface area contributed by atoms with Crippen LogP contribution in [0.3, 0.4) is 0 Å². The van der Waals surface area contributed by atoms with Gasteiger partial charge in [0.05, 0.1) is 6.54 Å². The Morgan fingerprint density at radius 3 is 2.30 bits per heavy atom. The van der Waals surface area contributed by atoms with E-state index >= 15 is 0 Å². The Labute approximate surface area is 138 Å². The Morgan fingerprint density at radius 2 is 1.74 bits per heavy atom. The summed E-state index contributed by atoms with van der Waals surface area (Å²) in [6.45, 7) is 4.96. The van der Waals surface area contributed by atoms with E-state index in [1.807, 2.05) is 81.4 Å². The summed E-state index contributed by atoms with van der Waals surface area (Å²) in [6, 6.07) is 16.1. The second-order valence-corrected chi connectivity index (χ2v) is 5.77. The van der Waals surface area contributed by atoms with Gasteiger partial charge in [-0.3, -0.25) is 4.79 Å². The van der Waals surface area contributed by atoms with Crippen molar-refractivity contribution in [3.63, 3.8) is 0 Å². The molecule has 0 saturated carbocycles. The van der Waals surface area contributed by atoms with Crippen LogP contribution in [0.2, 0.25) is 0 Å². The van der Waals surface area contributed by atoms with Crippen molar-refractivity contribution in [2.45, 2.75) is 13.8 Å². The number of carbonyl (C=O) groups excluding carboxylic acids is 1. The Hall–Kier alpha value is -2.49. The fourth-order valence-electron chi connectivity index (χ4n) is 2.45. The van der Waals surface area contributed by atoms with Gasteiger partial charge < -0.3 is 15.1 Å². The zero-order valence-electron chi connectivity index (χ0n) is 14.3. The molecule has 23 heavy (non-hydrogen) atoms. The summed E-state index contributed by atoms with van der Waals surface area (Å²) in [4.78, 5) is 16.3. The Morgan fingerprint density at radius 1 is 1.04 bits per heavy atom. The Balaban J connectivity index is 2.00. The van der Waals surface area contributed by atoms with Crippen molar-refractivity contribution >= 4 is 23.0 Å². The first-order chi connectivity index (χ1) is 11.0. The predicted molar refractivity (Wildman–Crippen MR) is 98.5 cm³/mol. The summed E-state index contributed by atoms with van der Waals surface area (Å²) in [7, 11) is 4.01. The van der Waals surface area contributed by atoms with E-state index in [1.165, 1.54) is 0 Å². The van der Waals surface area contributed by atoms with Crippen molar-refractivity contribution in [1.82, 2.24) is 0 Å². The summed E-state index contributed by atoms with van der Waals surface area (Å²) in [6.07, 6.45) is 0. The topological polar surface area (TPSA) is 35.6 Å². The molecule has 0 fully saturated rings. The Kier molecular flexibility index (Phi) is 5.63. The Bertz CT molecular complexity index is 650. The van der Waals surface area contributed by atoms with E-state index in [9.17, 15) is 4.79 Å². The molecule has 4 nitrogen and oxygen atoms in total. The lowest BCUT2D eigenvalue weighted by atomic mass is 10.2. The third-order valence-electron chi connectivity index (χ3n) is 3.76. The molecule has 1 N–H and O–H groups in total. The monoisotopic (exact) mass is 311 g/mol. The lowest BCUT2D eigenvalue weighted by Gasteiger charge is -2.22. The van der Waals surface area contributed by atoms with Gasteiger partial charge in [-0.15, -0.1) is 0 Å². The third-order valence-corrected chi connectivity index (χ3v) is 3.76. The zero-order chi connectivity index (χ0) is 16.8. The number of hydrogen-bond acceptors (Lipinski definition) is 3. The molecule has 1 amide bonds. The smallest absolute Gasteiger partial charge is 0.246 e.